The molecule has 0 radical (unpaired) electrons. The first-order chi connectivity index (χ1) is 14.9. The van der Waals surface area contributed by atoms with E-state index in [-0.39, 0.29) is 34.8 Å². The second-order valence-corrected chi connectivity index (χ2v) is 10.2. The number of amides is 2. The topological polar surface area (TPSA) is 108 Å². The van der Waals surface area contributed by atoms with Crippen molar-refractivity contribution < 1.29 is 22.7 Å². The summed E-state index contributed by atoms with van der Waals surface area (Å²) >= 11 is 0. The van der Waals surface area contributed by atoms with Gasteiger partial charge in [0.2, 0.25) is 21.8 Å². The molecule has 1 aromatic carbocycles. The number of hydrogen-bond acceptors (Lipinski definition) is 6. The maximum atomic E-state index is 12.8. The highest BCUT2D eigenvalue weighted by Crippen LogP contribution is 2.27. The molecule has 0 bridgehead atoms. The van der Waals surface area contributed by atoms with Crippen molar-refractivity contribution in [3.8, 4) is 5.75 Å². The maximum Gasteiger partial charge on any atom is 0.240 e. The number of sulfonamides is 1. The maximum absolute atomic E-state index is 12.8. The molecule has 3 aliphatic rings. The number of benzene rings is 1. The zero-order chi connectivity index (χ0) is 22.0. The minimum Gasteiger partial charge on any atom is -0.497 e. The predicted octanol–water partition coefficient (Wildman–Crippen LogP) is 0.317. The molecule has 0 saturated carbocycles. The van der Waals surface area contributed by atoms with Crippen LogP contribution in [0.15, 0.2) is 29.2 Å². The van der Waals surface area contributed by atoms with E-state index < -0.39 is 10.0 Å². The molecule has 0 aromatic heterocycles. The fourth-order valence-electron chi connectivity index (χ4n) is 4.79. The summed E-state index contributed by atoms with van der Waals surface area (Å²) in [5.74, 6) is 0.676. The number of ether oxygens (including phenoxy) is 1. The molecule has 3 atom stereocenters. The second kappa shape index (κ2) is 9.13. The standard InChI is InChI=1S/C21H30N4O5S/c1-30-17-5-7-18(8-6-17)31(28,29)23-15-12-19-21(27)22-13-16(25(19)14-15)4-9-20(26)24-10-2-3-11-24/h5-8,15-16,19,23H,2-4,9-14H2,1H3,(H,22,27)/t15-,16+,19-/m0/s1. The molecule has 3 saturated heterocycles. The van der Waals surface area contributed by atoms with E-state index in [9.17, 15) is 18.0 Å². The van der Waals surface area contributed by atoms with Crippen molar-refractivity contribution in [2.75, 3.05) is 33.3 Å². The van der Waals surface area contributed by atoms with Crippen molar-refractivity contribution in [2.24, 2.45) is 0 Å². The fraction of sp³-hybridized carbons (Fsp3) is 0.619. The van der Waals surface area contributed by atoms with E-state index in [4.69, 9.17) is 4.74 Å². The SMILES string of the molecule is COc1ccc(S(=O)(=O)N[C@H]2C[C@H]3C(=O)NC[C@@H](CCC(=O)N4CCCC4)N3C2)cc1. The largest absolute Gasteiger partial charge is 0.497 e. The van der Waals surface area contributed by atoms with Gasteiger partial charge in [0.25, 0.3) is 0 Å². The highest BCUT2D eigenvalue weighted by Gasteiger charge is 2.44. The van der Waals surface area contributed by atoms with Gasteiger partial charge >= 0.3 is 0 Å². The number of rotatable bonds is 7. The van der Waals surface area contributed by atoms with Crippen molar-refractivity contribution in [2.45, 2.75) is 55.1 Å². The molecule has 4 rings (SSSR count). The third-order valence-electron chi connectivity index (χ3n) is 6.46. The summed E-state index contributed by atoms with van der Waals surface area (Å²) in [6, 6.07) is 5.51. The van der Waals surface area contributed by atoms with Gasteiger partial charge in [-0.1, -0.05) is 0 Å². The Balaban J connectivity index is 1.38. The van der Waals surface area contributed by atoms with Crippen molar-refractivity contribution >= 4 is 21.8 Å². The molecule has 9 nitrogen and oxygen atoms in total. The summed E-state index contributed by atoms with van der Waals surface area (Å²) in [4.78, 5) is 29.0. The quantitative estimate of drug-likeness (QED) is 0.619. The molecule has 0 unspecified atom stereocenters. The molecule has 1 aromatic rings. The van der Waals surface area contributed by atoms with Gasteiger partial charge in [-0.05, 0) is 49.9 Å². The molecule has 3 aliphatic heterocycles. The van der Waals surface area contributed by atoms with Crippen molar-refractivity contribution in [3.63, 3.8) is 0 Å². The van der Waals surface area contributed by atoms with Gasteiger partial charge in [-0.25, -0.2) is 13.1 Å². The summed E-state index contributed by atoms with van der Waals surface area (Å²) in [6.45, 7) is 2.61. The number of nitrogens with one attached hydrogen (secondary N) is 2. The molecule has 10 heteroatoms. The Bertz CT molecular complexity index is 914. The van der Waals surface area contributed by atoms with Gasteiger partial charge in [0.1, 0.15) is 5.75 Å². The fourth-order valence-corrected chi connectivity index (χ4v) is 6.03. The number of hydrogen-bond donors (Lipinski definition) is 2. The monoisotopic (exact) mass is 450 g/mol. The van der Waals surface area contributed by atoms with Crippen LogP contribution in [0.2, 0.25) is 0 Å². The highest BCUT2D eigenvalue weighted by atomic mass is 32.2. The highest BCUT2D eigenvalue weighted by molar-refractivity contribution is 7.89. The lowest BCUT2D eigenvalue weighted by Crippen LogP contribution is -2.58. The first-order valence-electron chi connectivity index (χ1n) is 10.8. The molecular formula is C21H30N4O5S. The van der Waals surface area contributed by atoms with Crippen LogP contribution in [0.3, 0.4) is 0 Å². The van der Waals surface area contributed by atoms with Crippen LogP contribution in [-0.2, 0) is 19.6 Å². The molecule has 0 spiro atoms. The van der Waals surface area contributed by atoms with Crippen molar-refractivity contribution in [1.29, 1.82) is 0 Å². The summed E-state index contributed by atoms with van der Waals surface area (Å²) in [7, 11) is -2.18. The van der Waals surface area contributed by atoms with Crippen LogP contribution >= 0.6 is 0 Å². The zero-order valence-corrected chi connectivity index (χ0v) is 18.6. The van der Waals surface area contributed by atoms with Crippen LogP contribution in [0.25, 0.3) is 0 Å². The summed E-state index contributed by atoms with van der Waals surface area (Å²) < 4.78 is 33.4. The first kappa shape index (κ1) is 22.0. The van der Waals surface area contributed by atoms with Gasteiger partial charge in [0.05, 0.1) is 18.0 Å². The van der Waals surface area contributed by atoms with E-state index in [2.05, 4.69) is 14.9 Å². The van der Waals surface area contributed by atoms with Gasteiger partial charge in [-0.2, -0.15) is 0 Å². The summed E-state index contributed by atoms with van der Waals surface area (Å²) in [5, 5.41) is 2.93. The van der Waals surface area contributed by atoms with Crippen LogP contribution in [0, 0.1) is 0 Å². The smallest absolute Gasteiger partial charge is 0.240 e. The van der Waals surface area contributed by atoms with Gasteiger partial charge in [-0.15, -0.1) is 0 Å². The Kier molecular flexibility index (Phi) is 6.49. The molecule has 2 N–H and O–H groups in total. The van der Waals surface area contributed by atoms with Gasteiger partial charge in [0.15, 0.2) is 0 Å². The van der Waals surface area contributed by atoms with Gasteiger partial charge in [-0.3, -0.25) is 14.5 Å². The normalized spacial score (nSPS) is 26.5. The molecular weight excluding hydrogens is 420 g/mol. The number of piperazine rings is 1. The molecule has 3 fully saturated rings. The van der Waals surface area contributed by atoms with E-state index in [1.165, 1.54) is 19.2 Å². The predicted molar refractivity (Wildman–Crippen MR) is 114 cm³/mol. The molecule has 31 heavy (non-hydrogen) atoms. The Hall–Kier alpha value is -2.17. The Morgan fingerprint density at radius 3 is 2.61 bits per heavy atom. The lowest BCUT2D eigenvalue weighted by atomic mass is 10.0. The van der Waals surface area contributed by atoms with E-state index >= 15 is 0 Å². The van der Waals surface area contributed by atoms with Crippen LogP contribution in [0.1, 0.15) is 32.1 Å². The number of nitrogens with zero attached hydrogens (tertiary/aromatic N) is 2. The minimum absolute atomic E-state index is 0.0322. The average molecular weight is 451 g/mol. The van der Waals surface area contributed by atoms with E-state index in [0.29, 0.717) is 38.1 Å². The number of likely N-dealkylation sites (tertiary alicyclic amines) is 1. The third kappa shape index (κ3) is 4.86. The molecule has 0 aliphatic carbocycles. The van der Waals surface area contributed by atoms with Crippen LogP contribution in [0.5, 0.6) is 5.75 Å². The van der Waals surface area contributed by atoms with Crippen molar-refractivity contribution in [3.05, 3.63) is 24.3 Å². The lowest BCUT2D eigenvalue weighted by molar-refractivity contribution is -0.131. The molecule has 3 heterocycles. The zero-order valence-electron chi connectivity index (χ0n) is 17.7. The molecule has 170 valence electrons. The number of carbonyl (C=O) groups excluding carboxylic acids is 2. The Morgan fingerprint density at radius 1 is 1.23 bits per heavy atom. The summed E-state index contributed by atoms with van der Waals surface area (Å²) in [6.07, 6.45) is 3.65. The number of carbonyl (C=O) groups is 2. The van der Waals surface area contributed by atoms with Crippen molar-refractivity contribution in [1.82, 2.24) is 19.8 Å². The molecule has 2 amide bonds. The second-order valence-electron chi connectivity index (χ2n) is 8.47. The number of fused-ring (bicyclic) bond motifs is 1. The third-order valence-corrected chi connectivity index (χ3v) is 8.00. The first-order valence-corrected chi connectivity index (χ1v) is 12.3. The lowest BCUT2D eigenvalue weighted by Gasteiger charge is -2.37. The van der Waals surface area contributed by atoms with Crippen LogP contribution < -0.4 is 14.8 Å². The van der Waals surface area contributed by atoms with E-state index in [1.807, 2.05) is 4.90 Å². The Labute approximate surface area is 183 Å². The van der Waals surface area contributed by atoms with Crippen LogP contribution in [-0.4, -0.2) is 81.4 Å². The van der Waals surface area contributed by atoms with Gasteiger partial charge < -0.3 is 15.0 Å². The number of methoxy groups -OCH3 is 1. The summed E-state index contributed by atoms with van der Waals surface area (Å²) in [5.41, 5.74) is 0. The average Bonchev–Trinajstić information content (AvgIpc) is 3.43. The Morgan fingerprint density at radius 2 is 1.94 bits per heavy atom. The van der Waals surface area contributed by atoms with Gasteiger partial charge in [0, 0.05) is 44.7 Å². The minimum atomic E-state index is -3.71. The van der Waals surface area contributed by atoms with E-state index in [1.54, 1.807) is 12.1 Å². The van der Waals surface area contributed by atoms with Crippen LogP contribution in [0.4, 0.5) is 0 Å². The van der Waals surface area contributed by atoms with E-state index in [0.717, 1.165) is 25.9 Å².